The SMILES string of the molecule is CC(C1CC1)N1CCCC(C(C)(C)C(=O)O)C1. The van der Waals surface area contributed by atoms with E-state index >= 15 is 0 Å². The molecule has 1 aliphatic carbocycles. The minimum atomic E-state index is -0.650. The van der Waals surface area contributed by atoms with Crippen LogP contribution in [-0.4, -0.2) is 35.1 Å². The second-order valence-electron chi connectivity index (χ2n) is 6.44. The van der Waals surface area contributed by atoms with Crippen LogP contribution < -0.4 is 0 Å². The maximum Gasteiger partial charge on any atom is 0.309 e. The van der Waals surface area contributed by atoms with Crippen molar-refractivity contribution in [2.75, 3.05) is 13.1 Å². The lowest BCUT2D eigenvalue weighted by Gasteiger charge is -2.42. The molecule has 2 rings (SSSR count). The van der Waals surface area contributed by atoms with Crippen molar-refractivity contribution in [2.45, 2.75) is 52.5 Å². The summed E-state index contributed by atoms with van der Waals surface area (Å²) in [6.45, 7) is 8.20. The summed E-state index contributed by atoms with van der Waals surface area (Å²) in [5.74, 6) is 0.528. The average Bonchev–Trinajstić information content (AvgIpc) is 3.12. The molecule has 17 heavy (non-hydrogen) atoms. The molecule has 2 unspecified atom stereocenters. The molecule has 1 saturated carbocycles. The zero-order valence-corrected chi connectivity index (χ0v) is 11.3. The number of hydrogen-bond donors (Lipinski definition) is 1. The zero-order chi connectivity index (χ0) is 12.6. The highest BCUT2D eigenvalue weighted by Crippen LogP contribution is 2.39. The van der Waals surface area contributed by atoms with Crippen molar-refractivity contribution >= 4 is 5.97 Å². The summed E-state index contributed by atoms with van der Waals surface area (Å²) in [6.07, 6.45) is 4.95. The summed E-state index contributed by atoms with van der Waals surface area (Å²) >= 11 is 0. The fraction of sp³-hybridized carbons (Fsp3) is 0.929. The number of nitrogens with zero attached hydrogens (tertiary/aromatic N) is 1. The Kier molecular flexibility index (Phi) is 3.48. The summed E-state index contributed by atoms with van der Waals surface area (Å²) in [7, 11) is 0. The summed E-state index contributed by atoms with van der Waals surface area (Å²) in [5.41, 5.74) is -0.581. The molecule has 0 bridgehead atoms. The molecule has 0 aromatic rings. The van der Waals surface area contributed by atoms with Gasteiger partial charge in [0.1, 0.15) is 0 Å². The standard InChI is InChI=1S/C14H25NO2/c1-10(11-6-7-11)15-8-4-5-12(9-15)14(2,3)13(16)17/h10-12H,4-9H2,1-3H3,(H,16,17). The second kappa shape index (κ2) is 4.60. The topological polar surface area (TPSA) is 40.5 Å². The van der Waals surface area contributed by atoms with Crippen LogP contribution in [0.3, 0.4) is 0 Å². The molecule has 0 amide bonds. The van der Waals surface area contributed by atoms with E-state index in [1.54, 1.807) is 0 Å². The molecular formula is C14H25NO2. The number of piperidine rings is 1. The van der Waals surface area contributed by atoms with E-state index in [2.05, 4.69) is 11.8 Å². The highest BCUT2D eigenvalue weighted by molar-refractivity contribution is 5.74. The molecule has 1 saturated heterocycles. The van der Waals surface area contributed by atoms with Gasteiger partial charge in [0.25, 0.3) is 0 Å². The summed E-state index contributed by atoms with van der Waals surface area (Å²) < 4.78 is 0. The monoisotopic (exact) mass is 239 g/mol. The molecular weight excluding hydrogens is 214 g/mol. The van der Waals surface area contributed by atoms with Crippen molar-refractivity contribution in [1.29, 1.82) is 0 Å². The van der Waals surface area contributed by atoms with Crippen LogP contribution in [0.1, 0.15) is 46.5 Å². The first-order chi connectivity index (χ1) is 7.93. The van der Waals surface area contributed by atoms with E-state index in [9.17, 15) is 9.90 Å². The van der Waals surface area contributed by atoms with Gasteiger partial charge in [-0.15, -0.1) is 0 Å². The van der Waals surface area contributed by atoms with Crippen LogP contribution in [0.15, 0.2) is 0 Å². The van der Waals surface area contributed by atoms with Gasteiger partial charge < -0.3 is 10.0 Å². The van der Waals surface area contributed by atoms with Crippen LogP contribution in [0.5, 0.6) is 0 Å². The second-order valence-corrected chi connectivity index (χ2v) is 6.44. The van der Waals surface area contributed by atoms with Crippen molar-refractivity contribution in [3.63, 3.8) is 0 Å². The van der Waals surface area contributed by atoms with Crippen LogP contribution in [0, 0.1) is 17.3 Å². The fourth-order valence-electron chi connectivity index (χ4n) is 3.02. The molecule has 0 radical (unpaired) electrons. The van der Waals surface area contributed by atoms with Crippen molar-refractivity contribution in [3.8, 4) is 0 Å². The molecule has 98 valence electrons. The van der Waals surface area contributed by atoms with Crippen LogP contribution in [-0.2, 0) is 4.79 Å². The number of carboxylic acids is 1. The van der Waals surface area contributed by atoms with Gasteiger partial charge in [0.2, 0.25) is 0 Å². The van der Waals surface area contributed by atoms with E-state index in [4.69, 9.17) is 0 Å². The van der Waals surface area contributed by atoms with Gasteiger partial charge in [-0.3, -0.25) is 4.79 Å². The van der Waals surface area contributed by atoms with Crippen molar-refractivity contribution < 1.29 is 9.90 Å². The fourth-order valence-corrected chi connectivity index (χ4v) is 3.02. The van der Waals surface area contributed by atoms with E-state index < -0.39 is 11.4 Å². The molecule has 1 N–H and O–H groups in total. The lowest BCUT2D eigenvalue weighted by molar-refractivity contribution is -0.151. The van der Waals surface area contributed by atoms with Crippen molar-refractivity contribution in [3.05, 3.63) is 0 Å². The smallest absolute Gasteiger partial charge is 0.309 e. The lowest BCUT2D eigenvalue weighted by atomic mass is 9.74. The average molecular weight is 239 g/mol. The largest absolute Gasteiger partial charge is 0.481 e. The highest BCUT2D eigenvalue weighted by atomic mass is 16.4. The maximum atomic E-state index is 11.3. The molecule has 3 nitrogen and oxygen atoms in total. The molecule has 2 fully saturated rings. The van der Waals surface area contributed by atoms with Crippen molar-refractivity contribution in [1.82, 2.24) is 4.90 Å². The lowest BCUT2D eigenvalue weighted by Crippen LogP contribution is -2.48. The molecule has 2 aliphatic rings. The van der Waals surface area contributed by atoms with E-state index in [0.29, 0.717) is 12.0 Å². The Balaban J connectivity index is 1.98. The summed E-state index contributed by atoms with van der Waals surface area (Å²) in [5, 5.41) is 9.32. The number of aliphatic carboxylic acids is 1. The third-order valence-corrected chi connectivity index (χ3v) is 4.90. The molecule has 0 spiro atoms. The van der Waals surface area contributed by atoms with Crippen LogP contribution >= 0.6 is 0 Å². The van der Waals surface area contributed by atoms with Crippen LogP contribution in [0.4, 0.5) is 0 Å². The Hall–Kier alpha value is -0.570. The minimum Gasteiger partial charge on any atom is -0.481 e. The molecule has 1 aliphatic heterocycles. The van der Waals surface area contributed by atoms with Crippen LogP contribution in [0.2, 0.25) is 0 Å². The van der Waals surface area contributed by atoms with Crippen LogP contribution in [0.25, 0.3) is 0 Å². The first kappa shape index (κ1) is 12.9. The number of likely N-dealkylation sites (tertiary alicyclic amines) is 1. The quantitative estimate of drug-likeness (QED) is 0.820. The Morgan fingerprint density at radius 3 is 2.53 bits per heavy atom. The number of rotatable bonds is 4. The third-order valence-electron chi connectivity index (χ3n) is 4.90. The molecule has 1 heterocycles. The Labute approximate surface area is 104 Å². The maximum absolute atomic E-state index is 11.3. The minimum absolute atomic E-state index is 0.301. The van der Waals surface area contributed by atoms with E-state index in [-0.39, 0.29) is 0 Å². The van der Waals surface area contributed by atoms with Gasteiger partial charge in [0.15, 0.2) is 0 Å². The van der Waals surface area contributed by atoms with Gasteiger partial charge in [-0.25, -0.2) is 0 Å². The van der Waals surface area contributed by atoms with Crippen molar-refractivity contribution in [2.24, 2.45) is 17.3 Å². The Morgan fingerprint density at radius 1 is 1.35 bits per heavy atom. The first-order valence-corrected chi connectivity index (χ1v) is 6.90. The Morgan fingerprint density at radius 2 is 2.00 bits per heavy atom. The number of hydrogen-bond acceptors (Lipinski definition) is 2. The van der Waals surface area contributed by atoms with Gasteiger partial charge in [-0.1, -0.05) is 0 Å². The van der Waals surface area contributed by atoms with E-state index in [0.717, 1.165) is 31.8 Å². The van der Waals surface area contributed by atoms with E-state index in [1.807, 2.05) is 13.8 Å². The first-order valence-electron chi connectivity index (χ1n) is 6.90. The van der Waals surface area contributed by atoms with Gasteiger partial charge in [-0.2, -0.15) is 0 Å². The predicted molar refractivity (Wildman–Crippen MR) is 67.9 cm³/mol. The normalized spacial score (nSPS) is 29.0. The van der Waals surface area contributed by atoms with Gasteiger partial charge >= 0.3 is 5.97 Å². The Bertz CT molecular complexity index is 297. The number of carboxylic acid groups (broad SMARTS) is 1. The van der Waals surface area contributed by atoms with Gasteiger partial charge in [-0.05, 0) is 64.8 Å². The molecule has 0 aromatic carbocycles. The van der Waals surface area contributed by atoms with E-state index in [1.165, 1.54) is 12.8 Å². The van der Waals surface area contributed by atoms with Gasteiger partial charge in [0.05, 0.1) is 5.41 Å². The molecule has 0 aromatic heterocycles. The predicted octanol–water partition coefficient (Wildman–Crippen LogP) is 2.61. The highest BCUT2D eigenvalue weighted by Gasteiger charge is 2.41. The number of carbonyl (C=O) groups is 1. The molecule has 3 heteroatoms. The molecule has 2 atom stereocenters. The zero-order valence-electron chi connectivity index (χ0n) is 11.3. The summed E-state index contributed by atoms with van der Waals surface area (Å²) in [6, 6.07) is 0.655. The van der Waals surface area contributed by atoms with Gasteiger partial charge in [0, 0.05) is 12.6 Å². The summed E-state index contributed by atoms with van der Waals surface area (Å²) in [4.78, 5) is 13.8. The third kappa shape index (κ3) is 2.65.